The second-order valence-electron chi connectivity index (χ2n) is 7.78. The molecule has 4 aromatic rings. The van der Waals surface area contributed by atoms with E-state index in [0.29, 0.717) is 18.7 Å². The number of aromatic amines is 1. The number of benzene rings is 2. The molecule has 34 heavy (non-hydrogen) atoms. The van der Waals surface area contributed by atoms with Gasteiger partial charge in [0.2, 0.25) is 5.88 Å². The van der Waals surface area contributed by atoms with Gasteiger partial charge in [-0.1, -0.05) is 30.3 Å². The lowest BCUT2D eigenvalue weighted by Crippen LogP contribution is -2.38. The Labute approximate surface area is 198 Å². The minimum absolute atomic E-state index is 0.293. The zero-order valence-electron chi connectivity index (χ0n) is 18.0. The number of carbonyl (C=O) groups excluding carboxylic acids is 1. The summed E-state index contributed by atoms with van der Waals surface area (Å²) in [5, 5.41) is 18.9. The van der Waals surface area contributed by atoms with Gasteiger partial charge in [-0.25, -0.2) is 9.78 Å². The molecule has 0 bridgehead atoms. The number of hydrogen-bond acceptors (Lipinski definition) is 7. The van der Waals surface area contributed by atoms with Crippen LogP contribution in [0.4, 0.5) is 0 Å². The number of nitrogens with zero attached hydrogens (tertiary/aromatic N) is 3. The Morgan fingerprint density at radius 2 is 2.18 bits per heavy atom. The first-order valence-corrected chi connectivity index (χ1v) is 11.5. The van der Waals surface area contributed by atoms with E-state index in [0.717, 1.165) is 44.7 Å². The van der Waals surface area contributed by atoms with E-state index in [2.05, 4.69) is 26.5 Å². The van der Waals surface area contributed by atoms with Crippen LogP contribution in [0.2, 0.25) is 0 Å². The van der Waals surface area contributed by atoms with E-state index >= 15 is 0 Å². The van der Waals surface area contributed by atoms with Crippen LogP contribution >= 0.6 is 11.3 Å². The van der Waals surface area contributed by atoms with Crippen LogP contribution in [0.15, 0.2) is 70.0 Å². The third kappa shape index (κ3) is 4.76. The number of nitrogens with one attached hydrogen (secondary N) is 2. The number of carbonyl (C=O) groups is 1. The molecule has 0 aliphatic carbocycles. The van der Waals surface area contributed by atoms with Gasteiger partial charge in [-0.3, -0.25) is 9.78 Å². The maximum Gasteiger partial charge on any atom is 0.349 e. The molecule has 2 aromatic heterocycles. The molecule has 1 unspecified atom stereocenters. The van der Waals surface area contributed by atoms with Crippen LogP contribution in [0.3, 0.4) is 0 Å². The number of ether oxygens (including phenoxy) is 1. The zero-order chi connectivity index (χ0) is 23.5. The molecule has 5 rings (SSSR count). The van der Waals surface area contributed by atoms with Crippen LogP contribution in [0.25, 0.3) is 10.6 Å². The molecule has 0 saturated heterocycles. The molecule has 0 saturated carbocycles. The Morgan fingerprint density at radius 3 is 2.97 bits per heavy atom. The maximum absolute atomic E-state index is 13.0. The van der Waals surface area contributed by atoms with Gasteiger partial charge >= 0.3 is 5.69 Å². The first-order valence-electron chi connectivity index (χ1n) is 10.7. The lowest BCUT2D eigenvalue weighted by molar-refractivity contribution is 0.0943. The second kappa shape index (κ2) is 9.36. The highest BCUT2D eigenvalue weighted by atomic mass is 32.1. The molecule has 3 N–H and O–H groups in total. The number of aromatic nitrogens is 3. The normalized spacial score (nSPS) is 13.5. The van der Waals surface area contributed by atoms with Crippen molar-refractivity contribution in [2.24, 2.45) is 5.10 Å². The lowest BCUT2D eigenvalue weighted by Gasteiger charge is -2.14. The summed E-state index contributed by atoms with van der Waals surface area (Å²) in [4.78, 5) is 31.5. The third-order valence-corrected chi connectivity index (χ3v) is 6.24. The van der Waals surface area contributed by atoms with E-state index in [1.807, 2.05) is 42.5 Å². The lowest BCUT2D eigenvalue weighted by atomic mass is 10.1. The van der Waals surface area contributed by atoms with E-state index in [9.17, 15) is 14.7 Å². The summed E-state index contributed by atoms with van der Waals surface area (Å²) >= 11 is 1.40. The van der Waals surface area contributed by atoms with E-state index in [-0.39, 0.29) is 11.8 Å². The SMILES string of the molecule is O=C(NC(C=Nn1cc(O)[nH]c1=O)Cc1ccccc1)c1csc(-c2ccc3c(c2)CCO3)n1. The molecule has 2 aromatic carbocycles. The highest BCUT2D eigenvalue weighted by Gasteiger charge is 2.18. The fraction of sp³-hybridized carbons (Fsp3) is 0.167. The number of fused-ring (bicyclic) bond motifs is 1. The Bertz CT molecular complexity index is 1410. The van der Waals surface area contributed by atoms with Crippen molar-refractivity contribution >= 4 is 23.5 Å². The van der Waals surface area contributed by atoms with Crippen LogP contribution in [-0.4, -0.2) is 44.5 Å². The summed E-state index contributed by atoms with van der Waals surface area (Å²) < 4.78 is 6.53. The van der Waals surface area contributed by atoms with Gasteiger partial charge in [-0.15, -0.1) is 11.3 Å². The number of H-pyrrole nitrogens is 1. The van der Waals surface area contributed by atoms with E-state index < -0.39 is 11.7 Å². The number of hydrogen-bond donors (Lipinski definition) is 3. The van der Waals surface area contributed by atoms with E-state index in [1.165, 1.54) is 17.6 Å². The molecule has 3 heterocycles. The predicted octanol–water partition coefficient (Wildman–Crippen LogP) is 2.82. The first kappa shape index (κ1) is 21.7. The van der Waals surface area contributed by atoms with Gasteiger partial charge in [0.25, 0.3) is 5.91 Å². The van der Waals surface area contributed by atoms with E-state index in [1.54, 1.807) is 5.38 Å². The molecule has 1 aliphatic rings. The smallest absolute Gasteiger partial charge is 0.349 e. The Balaban J connectivity index is 1.35. The van der Waals surface area contributed by atoms with Gasteiger partial charge in [0.15, 0.2) is 0 Å². The van der Waals surface area contributed by atoms with Crippen molar-refractivity contribution in [2.45, 2.75) is 18.9 Å². The monoisotopic (exact) mass is 475 g/mol. The highest BCUT2D eigenvalue weighted by Crippen LogP contribution is 2.31. The predicted molar refractivity (Wildman–Crippen MR) is 129 cm³/mol. The molecule has 0 spiro atoms. The van der Waals surface area contributed by atoms with Gasteiger partial charge in [-0.2, -0.15) is 9.78 Å². The topological polar surface area (TPSA) is 122 Å². The molecule has 0 fully saturated rings. The van der Waals surface area contributed by atoms with Crippen molar-refractivity contribution in [1.82, 2.24) is 20.0 Å². The van der Waals surface area contributed by atoms with Gasteiger partial charge < -0.3 is 15.2 Å². The number of imidazole rings is 1. The van der Waals surface area contributed by atoms with Crippen LogP contribution in [0.5, 0.6) is 11.6 Å². The fourth-order valence-corrected chi connectivity index (χ4v) is 4.49. The standard InChI is InChI=1S/C24H21N5O4S/c30-21-13-29(24(32)28-21)25-12-18(10-15-4-2-1-3-5-15)26-22(31)19-14-34-23(27-19)17-6-7-20-16(11-17)8-9-33-20/h1-7,11-14,18,30H,8-10H2,(H,26,31)(H,28,32). The van der Waals surface area contributed by atoms with Crippen molar-refractivity contribution in [3.05, 3.63) is 87.4 Å². The minimum atomic E-state index is -0.581. The second-order valence-corrected chi connectivity index (χ2v) is 8.64. The van der Waals surface area contributed by atoms with Gasteiger partial charge in [-0.05, 0) is 35.7 Å². The Kier molecular flexibility index (Phi) is 5.96. The molecule has 172 valence electrons. The van der Waals surface area contributed by atoms with Crippen molar-refractivity contribution in [3.8, 4) is 22.2 Å². The average molecular weight is 476 g/mol. The number of rotatable bonds is 7. The fourth-order valence-electron chi connectivity index (χ4n) is 3.69. The largest absolute Gasteiger partial charge is 0.493 e. The van der Waals surface area contributed by atoms with Crippen LogP contribution in [-0.2, 0) is 12.8 Å². The molecular formula is C24H21N5O4S. The summed E-state index contributed by atoms with van der Waals surface area (Å²) in [7, 11) is 0. The van der Waals surface area contributed by atoms with Crippen LogP contribution in [0, 0.1) is 0 Å². The van der Waals surface area contributed by atoms with E-state index in [4.69, 9.17) is 4.74 Å². The summed E-state index contributed by atoms with van der Waals surface area (Å²) in [6.45, 7) is 0.684. The van der Waals surface area contributed by atoms with Gasteiger partial charge in [0.1, 0.15) is 16.5 Å². The molecule has 1 aliphatic heterocycles. The summed E-state index contributed by atoms with van der Waals surface area (Å²) in [5.74, 6) is 0.263. The quantitative estimate of drug-likeness (QED) is 0.355. The first-order chi connectivity index (χ1) is 16.5. The molecule has 1 atom stereocenters. The van der Waals surface area contributed by atoms with Gasteiger partial charge in [0.05, 0.1) is 18.8 Å². The van der Waals surface area contributed by atoms with Crippen molar-refractivity contribution in [2.75, 3.05) is 6.61 Å². The van der Waals surface area contributed by atoms with Crippen LogP contribution < -0.4 is 15.7 Å². The number of aromatic hydroxyl groups is 1. The molecule has 0 radical (unpaired) electrons. The molecule has 1 amide bonds. The molecule has 9 nitrogen and oxygen atoms in total. The Morgan fingerprint density at radius 1 is 1.32 bits per heavy atom. The summed E-state index contributed by atoms with van der Waals surface area (Å²) in [6, 6.07) is 15.0. The Hall–Kier alpha value is -4.18. The number of amides is 1. The summed E-state index contributed by atoms with van der Waals surface area (Å²) in [6.07, 6.45) is 3.95. The van der Waals surface area contributed by atoms with Crippen molar-refractivity contribution in [3.63, 3.8) is 0 Å². The van der Waals surface area contributed by atoms with Crippen molar-refractivity contribution < 1.29 is 14.6 Å². The zero-order valence-corrected chi connectivity index (χ0v) is 18.8. The van der Waals surface area contributed by atoms with Crippen LogP contribution in [0.1, 0.15) is 21.6 Å². The molecule has 10 heteroatoms. The maximum atomic E-state index is 13.0. The third-order valence-electron chi connectivity index (χ3n) is 5.35. The van der Waals surface area contributed by atoms with Gasteiger partial charge in [0, 0.05) is 23.6 Å². The average Bonchev–Trinajstić information content (AvgIpc) is 3.57. The molecular weight excluding hydrogens is 454 g/mol. The summed E-state index contributed by atoms with van der Waals surface area (Å²) in [5.41, 5.74) is 2.80. The highest BCUT2D eigenvalue weighted by molar-refractivity contribution is 7.13. The minimum Gasteiger partial charge on any atom is -0.493 e. The number of thiazole rings is 1. The van der Waals surface area contributed by atoms with Crippen molar-refractivity contribution in [1.29, 1.82) is 0 Å².